The molecular formula is C24H19ClN4O3S. The Labute approximate surface area is 200 Å². The van der Waals surface area contributed by atoms with Crippen molar-refractivity contribution in [1.82, 2.24) is 5.32 Å². The molecule has 33 heavy (non-hydrogen) atoms. The van der Waals surface area contributed by atoms with Gasteiger partial charge >= 0.3 is 6.03 Å². The van der Waals surface area contributed by atoms with Crippen LogP contribution in [0.2, 0.25) is 5.02 Å². The van der Waals surface area contributed by atoms with E-state index in [1.165, 1.54) is 11.0 Å². The molecule has 0 saturated heterocycles. The van der Waals surface area contributed by atoms with Crippen molar-refractivity contribution in [3.05, 3.63) is 88.4 Å². The maximum atomic E-state index is 12.6. The van der Waals surface area contributed by atoms with Gasteiger partial charge < -0.3 is 15.5 Å². The molecule has 3 amide bonds. The predicted molar refractivity (Wildman–Crippen MR) is 133 cm³/mol. The third kappa shape index (κ3) is 5.02. The average molecular weight is 479 g/mol. The molecule has 1 heterocycles. The third-order valence-electron chi connectivity index (χ3n) is 5.05. The minimum Gasteiger partial charge on any atom is -0.332 e. The standard InChI is InChI=1S/C24H19ClN4O3S/c1-14-6-8-16(9-7-14)27-24(33)28-23(32)26-17-10-11-20-18(12-17)21(30)22(31)29(20)13-15-4-2-3-5-19(15)25/h2-12H,13H2,1H3,(H3,26,27,28,32,33). The van der Waals surface area contributed by atoms with Crippen molar-refractivity contribution in [2.75, 3.05) is 15.5 Å². The van der Waals surface area contributed by atoms with Crippen molar-refractivity contribution in [1.29, 1.82) is 0 Å². The summed E-state index contributed by atoms with van der Waals surface area (Å²) in [6.45, 7) is 2.14. The van der Waals surface area contributed by atoms with Gasteiger partial charge in [-0.25, -0.2) is 4.79 Å². The number of nitrogens with one attached hydrogen (secondary N) is 3. The normalized spacial score (nSPS) is 12.4. The highest BCUT2D eigenvalue weighted by atomic mass is 35.5. The van der Waals surface area contributed by atoms with E-state index in [-0.39, 0.29) is 17.2 Å². The first-order chi connectivity index (χ1) is 15.8. The highest BCUT2D eigenvalue weighted by molar-refractivity contribution is 7.80. The van der Waals surface area contributed by atoms with Gasteiger partial charge in [0.05, 0.1) is 17.8 Å². The van der Waals surface area contributed by atoms with Gasteiger partial charge in [-0.3, -0.25) is 14.9 Å². The third-order valence-corrected chi connectivity index (χ3v) is 5.62. The van der Waals surface area contributed by atoms with E-state index in [9.17, 15) is 14.4 Å². The van der Waals surface area contributed by atoms with E-state index in [2.05, 4.69) is 16.0 Å². The predicted octanol–water partition coefficient (Wildman–Crippen LogP) is 4.90. The largest absolute Gasteiger partial charge is 0.332 e. The topological polar surface area (TPSA) is 90.5 Å². The Kier molecular flexibility index (Phi) is 6.39. The van der Waals surface area contributed by atoms with Crippen molar-refractivity contribution in [3.8, 4) is 0 Å². The van der Waals surface area contributed by atoms with Crippen molar-refractivity contribution in [2.24, 2.45) is 0 Å². The van der Waals surface area contributed by atoms with E-state index in [0.717, 1.165) is 16.8 Å². The molecule has 166 valence electrons. The highest BCUT2D eigenvalue weighted by Crippen LogP contribution is 2.33. The number of halogens is 1. The number of ketones is 1. The molecule has 0 atom stereocenters. The summed E-state index contributed by atoms with van der Waals surface area (Å²) in [6.07, 6.45) is 0. The number of thiocarbonyl (C=S) groups is 1. The van der Waals surface area contributed by atoms with Crippen LogP contribution in [0.15, 0.2) is 66.7 Å². The number of hydrogen-bond acceptors (Lipinski definition) is 4. The Morgan fingerprint density at radius 1 is 0.970 bits per heavy atom. The summed E-state index contributed by atoms with van der Waals surface area (Å²) in [7, 11) is 0. The van der Waals surface area contributed by atoms with E-state index in [4.69, 9.17) is 23.8 Å². The molecule has 0 aliphatic carbocycles. The second kappa shape index (κ2) is 9.40. The Balaban J connectivity index is 1.43. The molecule has 1 aliphatic heterocycles. The van der Waals surface area contributed by atoms with Gasteiger partial charge in [0, 0.05) is 16.4 Å². The van der Waals surface area contributed by atoms with Gasteiger partial charge in [-0.15, -0.1) is 0 Å². The molecule has 1 aliphatic rings. The van der Waals surface area contributed by atoms with Gasteiger partial charge in [0.1, 0.15) is 0 Å². The summed E-state index contributed by atoms with van der Waals surface area (Å²) in [5.74, 6) is -1.28. The molecule has 0 radical (unpaired) electrons. The van der Waals surface area contributed by atoms with Crippen LogP contribution in [0.25, 0.3) is 0 Å². The van der Waals surface area contributed by atoms with Gasteiger partial charge in [-0.05, 0) is 61.1 Å². The number of hydrogen-bond donors (Lipinski definition) is 3. The quantitative estimate of drug-likeness (QED) is 0.366. The zero-order chi connectivity index (χ0) is 23.5. The smallest absolute Gasteiger partial charge is 0.325 e. The van der Waals surface area contributed by atoms with E-state index < -0.39 is 17.7 Å². The molecule has 7 nitrogen and oxygen atoms in total. The lowest BCUT2D eigenvalue weighted by Crippen LogP contribution is -2.37. The Bertz CT molecular complexity index is 1280. The molecule has 4 rings (SSSR count). The van der Waals surface area contributed by atoms with Crippen LogP contribution in [0, 0.1) is 6.92 Å². The molecule has 3 aromatic carbocycles. The van der Waals surface area contributed by atoms with E-state index in [1.807, 2.05) is 37.3 Å². The number of benzene rings is 3. The van der Waals surface area contributed by atoms with Crippen molar-refractivity contribution >= 4 is 63.7 Å². The minimum atomic E-state index is -0.644. The Morgan fingerprint density at radius 2 is 1.67 bits per heavy atom. The maximum Gasteiger partial charge on any atom is 0.325 e. The van der Waals surface area contributed by atoms with Gasteiger partial charge in [0.2, 0.25) is 0 Å². The number of Topliss-reactive ketones (excluding diaryl/α,β-unsaturated/α-hetero) is 1. The fraction of sp³-hybridized carbons (Fsp3) is 0.0833. The van der Waals surface area contributed by atoms with E-state index >= 15 is 0 Å². The molecule has 3 aromatic rings. The van der Waals surface area contributed by atoms with Crippen LogP contribution in [0.3, 0.4) is 0 Å². The number of aryl methyl sites for hydroxylation is 1. The van der Waals surface area contributed by atoms with Crippen LogP contribution in [0.4, 0.5) is 21.9 Å². The van der Waals surface area contributed by atoms with Gasteiger partial charge in [0.15, 0.2) is 5.11 Å². The first-order valence-electron chi connectivity index (χ1n) is 10.0. The highest BCUT2D eigenvalue weighted by Gasteiger charge is 2.36. The summed E-state index contributed by atoms with van der Waals surface area (Å²) >= 11 is 11.4. The number of nitrogens with zero attached hydrogens (tertiary/aromatic N) is 1. The van der Waals surface area contributed by atoms with Crippen LogP contribution in [0.1, 0.15) is 21.5 Å². The number of fused-ring (bicyclic) bond motifs is 1. The Hall–Kier alpha value is -3.75. The summed E-state index contributed by atoms with van der Waals surface area (Å²) in [4.78, 5) is 38.8. The van der Waals surface area contributed by atoms with Crippen LogP contribution in [0.5, 0.6) is 0 Å². The molecule has 0 bridgehead atoms. The average Bonchev–Trinajstić information content (AvgIpc) is 3.01. The van der Waals surface area contributed by atoms with Crippen molar-refractivity contribution < 1.29 is 14.4 Å². The summed E-state index contributed by atoms with van der Waals surface area (Å²) in [6, 6.07) is 18.8. The van der Waals surface area contributed by atoms with Crippen LogP contribution in [-0.2, 0) is 11.3 Å². The fourth-order valence-corrected chi connectivity index (χ4v) is 3.80. The molecule has 9 heteroatoms. The first kappa shape index (κ1) is 22.4. The van der Waals surface area contributed by atoms with Crippen molar-refractivity contribution in [2.45, 2.75) is 13.5 Å². The number of anilines is 3. The number of carbonyl (C=O) groups excluding carboxylic acids is 3. The summed E-state index contributed by atoms with van der Waals surface area (Å²) in [5, 5.41) is 8.69. The fourth-order valence-electron chi connectivity index (χ4n) is 3.40. The number of urea groups is 1. The molecule has 0 spiro atoms. The minimum absolute atomic E-state index is 0.120. The van der Waals surface area contributed by atoms with E-state index in [0.29, 0.717) is 16.4 Å². The lowest BCUT2D eigenvalue weighted by Gasteiger charge is -2.17. The molecular weight excluding hydrogens is 460 g/mol. The van der Waals surface area contributed by atoms with Crippen LogP contribution < -0.4 is 20.9 Å². The van der Waals surface area contributed by atoms with Gasteiger partial charge in [-0.1, -0.05) is 47.5 Å². The van der Waals surface area contributed by atoms with E-state index in [1.54, 1.807) is 30.3 Å². The number of rotatable bonds is 4. The second-order valence-corrected chi connectivity index (χ2v) is 8.26. The summed E-state index contributed by atoms with van der Waals surface area (Å²) < 4.78 is 0. The molecule has 0 fully saturated rings. The molecule has 0 unspecified atom stereocenters. The molecule has 3 N–H and O–H groups in total. The number of carbonyl (C=O) groups is 3. The SMILES string of the molecule is Cc1ccc(NC(=S)NC(=O)Nc2ccc3c(c2)C(=O)C(=O)N3Cc2ccccc2Cl)cc1. The summed E-state index contributed by atoms with van der Waals surface area (Å²) in [5.41, 5.74) is 3.60. The monoisotopic (exact) mass is 478 g/mol. The molecule has 0 saturated carbocycles. The lowest BCUT2D eigenvalue weighted by molar-refractivity contribution is -0.114. The Morgan fingerprint density at radius 3 is 2.39 bits per heavy atom. The second-order valence-electron chi connectivity index (χ2n) is 7.44. The van der Waals surface area contributed by atoms with Gasteiger partial charge in [-0.2, -0.15) is 0 Å². The zero-order valence-electron chi connectivity index (χ0n) is 17.5. The zero-order valence-corrected chi connectivity index (χ0v) is 19.1. The number of amides is 3. The van der Waals surface area contributed by atoms with Crippen LogP contribution >= 0.6 is 23.8 Å². The maximum absolute atomic E-state index is 12.6. The van der Waals surface area contributed by atoms with Crippen LogP contribution in [-0.4, -0.2) is 22.8 Å². The van der Waals surface area contributed by atoms with Crippen molar-refractivity contribution in [3.63, 3.8) is 0 Å². The first-order valence-corrected chi connectivity index (χ1v) is 10.8. The molecule has 0 aromatic heterocycles. The van der Waals surface area contributed by atoms with Gasteiger partial charge in [0.25, 0.3) is 11.7 Å². The lowest BCUT2D eigenvalue weighted by atomic mass is 10.1.